The Bertz CT molecular complexity index is 2590. The van der Waals surface area contributed by atoms with Gasteiger partial charge in [0.2, 0.25) is 0 Å². The normalized spacial score (nSPS) is 11.1. The second-order valence-corrected chi connectivity index (χ2v) is 12.7. The minimum Gasteiger partial charge on any atom is -0.192 e. The van der Waals surface area contributed by atoms with Gasteiger partial charge in [-0.3, -0.25) is 0 Å². The molecule has 242 valence electrons. The molecule has 0 aliphatic carbocycles. The molecule has 52 heavy (non-hydrogen) atoms. The molecular formula is C47H29N5. The van der Waals surface area contributed by atoms with E-state index in [0.717, 1.165) is 88.8 Å². The van der Waals surface area contributed by atoms with Crippen LogP contribution in [0.4, 0.5) is 0 Å². The summed E-state index contributed by atoms with van der Waals surface area (Å²) in [7, 11) is 0. The van der Waals surface area contributed by atoms with E-state index in [9.17, 15) is 5.26 Å². The van der Waals surface area contributed by atoms with Crippen molar-refractivity contribution in [3.63, 3.8) is 0 Å². The molecule has 0 N–H and O–H groups in total. The van der Waals surface area contributed by atoms with Crippen molar-refractivity contribution in [1.82, 2.24) is 20.4 Å². The summed E-state index contributed by atoms with van der Waals surface area (Å²) in [6, 6.07) is 62.0. The first-order valence-electron chi connectivity index (χ1n) is 17.1. The van der Waals surface area contributed by atoms with Gasteiger partial charge in [0.25, 0.3) is 0 Å². The standard InChI is InChI=1S/C47H29N5/c48-30-31-27-34(36-15-7-19-40-38(36)17-9-21-42(40)46-25-23-44(49-51-46)32-11-3-1-4-12-32)29-35(28-31)37-16-8-20-41-39(37)18-10-22-43(41)47-26-24-45(50-52-47)33-13-5-2-6-14-33/h1-29H. The fourth-order valence-corrected chi connectivity index (χ4v) is 7.05. The smallest absolute Gasteiger partial charge is 0.0992 e. The van der Waals surface area contributed by atoms with Gasteiger partial charge in [0, 0.05) is 22.3 Å². The lowest BCUT2D eigenvalue weighted by atomic mass is 9.89. The highest BCUT2D eigenvalue weighted by atomic mass is 15.1. The third kappa shape index (κ3) is 5.65. The van der Waals surface area contributed by atoms with E-state index in [2.05, 4.69) is 105 Å². The summed E-state index contributed by atoms with van der Waals surface area (Å²) in [6.07, 6.45) is 0. The van der Waals surface area contributed by atoms with E-state index < -0.39 is 0 Å². The first-order valence-corrected chi connectivity index (χ1v) is 17.1. The van der Waals surface area contributed by atoms with Crippen molar-refractivity contribution in [3.05, 3.63) is 181 Å². The van der Waals surface area contributed by atoms with Crippen molar-refractivity contribution in [3.8, 4) is 73.4 Å². The van der Waals surface area contributed by atoms with Crippen molar-refractivity contribution in [2.45, 2.75) is 0 Å². The fraction of sp³-hybridized carbons (Fsp3) is 0. The molecule has 0 saturated carbocycles. The van der Waals surface area contributed by atoms with Crippen LogP contribution in [0.1, 0.15) is 5.56 Å². The van der Waals surface area contributed by atoms with Crippen molar-refractivity contribution in [1.29, 1.82) is 5.26 Å². The average Bonchev–Trinajstić information content (AvgIpc) is 3.23. The van der Waals surface area contributed by atoms with Crippen LogP contribution >= 0.6 is 0 Å². The van der Waals surface area contributed by atoms with Gasteiger partial charge in [0.1, 0.15) is 0 Å². The zero-order valence-corrected chi connectivity index (χ0v) is 28.0. The Hall–Kier alpha value is -7.29. The van der Waals surface area contributed by atoms with Gasteiger partial charge in [-0.15, -0.1) is 20.4 Å². The minimum absolute atomic E-state index is 0.596. The fourth-order valence-electron chi connectivity index (χ4n) is 7.05. The maximum Gasteiger partial charge on any atom is 0.0992 e. The SMILES string of the molecule is N#Cc1cc(-c2cccc3c(-c4ccc(-c5ccccc5)nn4)cccc23)cc(-c2cccc3c(-c4ccc(-c5ccccc5)nn4)cccc23)c1. The van der Waals surface area contributed by atoms with Gasteiger partial charge in [-0.05, 0) is 86.3 Å². The Labute approximate surface area is 301 Å². The van der Waals surface area contributed by atoms with Gasteiger partial charge in [0.05, 0.1) is 34.4 Å². The second kappa shape index (κ2) is 13.2. The molecule has 0 amide bonds. The quantitative estimate of drug-likeness (QED) is 0.177. The van der Waals surface area contributed by atoms with Gasteiger partial charge < -0.3 is 0 Å². The molecular weight excluding hydrogens is 635 g/mol. The average molecular weight is 664 g/mol. The van der Waals surface area contributed by atoms with E-state index in [4.69, 9.17) is 0 Å². The molecule has 5 heteroatoms. The lowest BCUT2D eigenvalue weighted by Crippen LogP contribution is -1.93. The summed E-state index contributed by atoms with van der Waals surface area (Å²) < 4.78 is 0. The van der Waals surface area contributed by atoms with Crippen LogP contribution in [0.15, 0.2) is 176 Å². The maximum absolute atomic E-state index is 10.2. The number of hydrogen-bond donors (Lipinski definition) is 0. The van der Waals surface area contributed by atoms with E-state index in [0.29, 0.717) is 5.56 Å². The lowest BCUT2D eigenvalue weighted by Gasteiger charge is -2.14. The first kappa shape index (κ1) is 30.7. The predicted molar refractivity (Wildman–Crippen MR) is 210 cm³/mol. The molecule has 7 aromatic carbocycles. The Kier molecular flexibility index (Phi) is 7.81. The van der Waals surface area contributed by atoms with Crippen LogP contribution in [-0.2, 0) is 0 Å². The zero-order valence-electron chi connectivity index (χ0n) is 28.0. The Balaban J connectivity index is 1.12. The first-order chi connectivity index (χ1) is 25.7. The Morgan fingerprint density at radius 2 is 0.673 bits per heavy atom. The molecule has 0 unspecified atom stereocenters. The van der Waals surface area contributed by atoms with E-state index >= 15 is 0 Å². The van der Waals surface area contributed by atoms with E-state index in [1.165, 1.54) is 0 Å². The van der Waals surface area contributed by atoms with Gasteiger partial charge >= 0.3 is 0 Å². The third-order valence-electron chi connectivity index (χ3n) is 9.55. The van der Waals surface area contributed by atoms with Crippen molar-refractivity contribution >= 4 is 21.5 Å². The highest BCUT2D eigenvalue weighted by Crippen LogP contribution is 2.39. The molecule has 2 heterocycles. The highest BCUT2D eigenvalue weighted by Gasteiger charge is 2.15. The monoisotopic (exact) mass is 663 g/mol. The number of aromatic nitrogens is 4. The van der Waals surface area contributed by atoms with Crippen LogP contribution in [0.25, 0.3) is 88.8 Å². The van der Waals surface area contributed by atoms with Crippen LogP contribution < -0.4 is 0 Å². The van der Waals surface area contributed by atoms with Gasteiger partial charge in [-0.1, -0.05) is 133 Å². The zero-order chi connectivity index (χ0) is 34.9. The molecule has 0 aliphatic heterocycles. The molecule has 0 radical (unpaired) electrons. The molecule has 0 fully saturated rings. The number of benzene rings is 7. The van der Waals surface area contributed by atoms with Crippen molar-refractivity contribution in [2.24, 2.45) is 0 Å². The van der Waals surface area contributed by atoms with Crippen LogP contribution in [0.2, 0.25) is 0 Å². The van der Waals surface area contributed by atoms with Gasteiger partial charge in [0.15, 0.2) is 0 Å². The molecule has 2 aromatic heterocycles. The van der Waals surface area contributed by atoms with Crippen molar-refractivity contribution < 1.29 is 0 Å². The summed E-state index contributed by atoms with van der Waals surface area (Å²) in [4.78, 5) is 0. The molecule has 0 spiro atoms. The Morgan fingerprint density at radius 1 is 0.308 bits per heavy atom. The molecule has 5 nitrogen and oxygen atoms in total. The second-order valence-electron chi connectivity index (χ2n) is 12.7. The lowest BCUT2D eigenvalue weighted by molar-refractivity contribution is 1.05. The molecule has 0 aliphatic rings. The molecule has 0 atom stereocenters. The summed E-state index contributed by atoms with van der Waals surface area (Å²) in [6.45, 7) is 0. The number of fused-ring (bicyclic) bond motifs is 2. The minimum atomic E-state index is 0.596. The molecule has 9 aromatic rings. The number of rotatable bonds is 6. The van der Waals surface area contributed by atoms with Crippen molar-refractivity contribution in [2.75, 3.05) is 0 Å². The Morgan fingerprint density at radius 3 is 1.06 bits per heavy atom. The summed E-state index contributed by atoms with van der Waals surface area (Å²) in [5.74, 6) is 0. The summed E-state index contributed by atoms with van der Waals surface area (Å²) >= 11 is 0. The van der Waals surface area contributed by atoms with E-state index in [-0.39, 0.29) is 0 Å². The molecule has 9 rings (SSSR count). The van der Waals surface area contributed by atoms with Gasteiger partial charge in [-0.25, -0.2) is 0 Å². The number of hydrogen-bond acceptors (Lipinski definition) is 5. The maximum atomic E-state index is 10.2. The number of nitrogens with zero attached hydrogens (tertiary/aromatic N) is 5. The van der Waals surface area contributed by atoms with E-state index in [1.807, 2.05) is 97.1 Å². The topological polar surface area (TPSA) is 75.3 Å². The van der Waals surface area contributed by atoms with E-state index in [1.54, 1.807) is 0 Å². The number of nitriles is 1. The molecule has 0 bridgehead atoms. The predicted octanol–water partition coefficient (Wildman–Crippen LogP) is 11.4. The summed E-state index contributed by atoms with van der Waals surface area (Å²) in [5, 5.41) is 32.9. The van der Waals surface area contributed by atoms with Gasteiger partial charge in [-0.2, -0.15) is 5.26 Å². The van der Waals surface area contributed by atoms with Crippen LogP contribution in [0.3, 0.4) is 0 Å². The van der Waals surface area contributed by atoms with Crippen LogP contribution in [-0.4, -0.2) is 20.4 Å². The van der Waals surface area contributed by atoms with Crippen LogP contribution in [0, 0.1) is 11.3 Å². The van der Waals surface area contributed by atoms with Crippen LogP contribution in [0.5, 0.6) is 0 Å². The summed E-state index contributed by atoms with van der Waals surface area (Å²) in [5.41, 5.74) is 12.0. The third-order valence-corrected chi connectivity index (χ3v) is 9.55. The highest BCUT2D eigenvalue weighted by molar-refractivity contribution is 6.06. The largest absolute Gasteiger partial charge is 0.192 e. The molecule has 0 saturated heterocycles.